The molecular weight excluding hydrogens is 234 g/mol. The van der Waals surface area contributed by atoms with Crippen LogP contribution in [-0.4, -0.2) is 25.3 Å². The second kappa shape index (κ2) is 10.7. The summed E-state index contributed by atoms with van der Waals surface area (Å²) in [4.78, 5) is 0. The monoisotopic (exact) mass is 269 g/mol. The minimum atomic E-state index is 0.454. The molecule has 1 fully saturated rings. The summed E-state index contributed by atoms with van der Waals surface area (Å²) in [6.07, 6.45) is 12.5. The van der Waals surface area contributed by atoms with E-state index in [0.717, 1.165) is 25.1 Å². The van der Waals surface area contributed by atoms with Crippen molar-refractivity contribution in [3.63, 3.8) is 0 Å². The summed E-state index contributed by atoms with van der Waals surface area (Å²) < 4.78 is 5.98. The topological polar surface area (TPSA) is 21.3 Å². The summed E-state index contributed by atoms with van der Waals surface area (Å²) in [7, 11) is 0. The van der Waals surface area contributed by atoms with E-state index in [0.29, 0.717) is 6.10 Å². The highest BCUT2D eigenvalue weighted by molar-refractivity contribution is 4.82. The molecule has 0 spiro atoms. The maximum atomic E-state index is 5.98. The highest BCUT2D eigenvalue weighted by atomic mass is 16.5. The molecule has 0 aliphatic heterocycles. The molecule has 1 aliphatic rings. The summed E-state index contributed by atoms with van der Waals surface area (Å²) in [6.45, 7) is 8.78. The standard InChI is InChI=1S/C17H35NO/c1-4-6-7-8-10-15(3)19-14-13-16-11-9-12-17(16)18-5-2/h15-18H,4-14H2,1-3H3. The molecule has 1 saturated carbocycles. The SMILES string of the molecule is CCCCCCC(C)OCCC1CCCC1NCC. The first-order chi connectivity index (χ1) is 9.27. The van der Waals surface area contributed by atoms with E-state index in [-0.39, 0.29) is 0 Å². The largest absolute Gasteiger partial charge is 0.378 e. The minimum absolute atomic E-state index is 0.454. The van der Waals surface area contributed by atoms with Crippen molar-refractivity contribution in [3.8, 4) is 0 Å². The first-order valence-electron chi connectivity index (χ1n) is 8.62. The molecule has 3 atom stereocenters. The first-order valence-corrected chi connectivity index (χ1v) is 8.62. The highest BCUT2D eigenvalue weighted by Gasteiger charge is 2.25. The second-order valence-electron chi connectivity index (χ2n) is 6.17. The summed E-state index contributed by atoms with van der Waals surface area (Å²) in [6, 6.07) is 0.758. The fourth-order valence-electron chi connectivity index (χ4n) is 3.28. The molecule has 2 nitrogen and oxygen atoms in total. The van der Waals surface area contributed by atoms with Gasteiger partial charge in [0.05, 0.1) is 6.10 Å². The number of hydrogen-bond acceptors (Lipinski definition) is 2. The van der Waals surface area contributed by atoms with Gasteiger partial charge in [-0.05, 0) is 45.1 Å². The number of unbranched alkanes of at least 4 members (excludes halogenated alkanes) is 3. The molecule has 0 heterocycles. The fourth-order valence-corrected chi connectivity index (χ4v) is 3.28. The van der Waals surface area contributed by atoms with Crippen molar-refractivity contribution >= 4 is 0 Å². The highest BCUT2D eigenvalue weighted by Crippen LogP contribution is 2.28. The molecule has 0 amide bonds. The lowest BCUT2D eigenvalue weighted by Gasteiger charge is -2.21. The van der Waals surface area contributed by atoms with Crippen molar-refractivity contribution in [3.05, 3.63) is 0 Å². The van der Waals surface area contributed by atoms with E-state index in [1.807, 2.05) is 0 Å². The molecular formula is C17H35NO. The van der Waals surface area contributed by atoms with Gasteiger partial charge in [0.15, 0.2) is 0 Å². The van der Waals surface area contributed by atoms with Gasteiger partial charge in [-0.3, -0.25) is 0 Å². The maximum absolute atomic E-state index is 5.98. The molecule has 0 aromatic heterocycles. The number of nitrogens with one attached hydrogen (secondary N) is 1. The molecule has 1 rings (SSSR count). The zero-order valence-electron chi connectivity index (χ0n) is 13.4. The normalized spacial score (nSPS) is 24.8. The van der Waals surface area contributed by atoms with Crippen LogP contribution >= 0.6 is 0 Å². The lowest BCUT2D eigenvalue weighted by Crippen LogP contribution is -2.32. The van der Waals surface area contributed by atoms with Gasteiger partial charge in [-0.15, -0.1) is 0 Å². The Bertz CT molecular complexity index is 207. The van der Waals surface area contributed by atoms with Crippen LogP contribution in [0.15, 0.2) is 0 Å². The van der Waals surface area contributed by atoms with Crippen molar-refractivity contribution < 1.29 is 4.74 Å². The second-order valence-corrected chi connectivity index (χ2v) is 6.17. The first kappa shape index (κ1) is 17.0. The Labute approximate surface area is 120 Å². The molecule has 1 aliphatic carbocycles. The Morgan fingerprint density at radius 2 is 2.00 bits per heavy atom. The zero-order chi connectivity index (χ0) is 13.9. The van der Waals surface area contributed by atoms with Crippen molar-refractivity contribution in [2.45, 2.75) is 90.7 Å². The predicted molar refractivity (Wildman–Crippen MR) is 83.6 cm³/mol. The quantitative estimate of drug-likeness (QED) is 0.556. The van der Waals surface area contributed by atoms with Crippen LogP contribution in [0.3, 0.4) is 0 Å². The molecule has 3 unspecified atom stereocenters. The maximum Gasteiger partial charge on any atom is 0.0547 e. The third-order valence-electron chi connectivity index (χ3n) is 4.48. The van der Waals surface area contributed by atoms with E-state index >= 15 is 0 Å². The number of ether oxygens (including phenoxy) is 1. The van der Waals surface area contributed by atoms with Crippen LogP contribution in [0.2, 0.25) is 0 Å². The summed E-state index contributed by atoms with van der Waals surface area (Å²) >= 11 is 0. The van der Waals surface area contributed by atoms with E-state index in [1.54, 1.807) is 0 Å². The van der Waals surface area contributed by atoms with Crippen molar-refractivity contribution in [1.82, 2.24) is 5.32 Å². The van der Waals surface area contributed by atoms with Gasteiger partial charge >= 0.3 is 0 Å². The molecule has 1 N–H and O–H groups in total. The van der Waals surface area contributed by atoms with E-state index in [2.05, 4.69) is 26.1 Å². The van der Waals surface area contributed by atoms with Gasteiger partial charge in [-0.2, -0.15) is 0 Å². The number of rotatable bonds is 11. The van der Waals surface area contributed by atoms with E-state index in [1.165, 1.54) is 57.8 Å². The lowest BCUT2D eigenvalue weighted by molar-refractivity contribution is 0.0480. The van der Waals surface area contributed by atoms with Gasteiger partial charge in [0, 0.05) is 12.6 Å². The lowest BCUT2D eigenvalue weighted by atomic mass is 10.00. The van der Waals surface area contributed by atoms with Crippen molar-refractivity contribution in [2.75, 3.05) is 13.2 Å². The van der Waals surface area contributed by atoms with Gasteiger partial charge in [0.1, 0.15) is 0 Å². The van der Waals surface area contributed by atoms with Crippen LogP contribution in [0.1, 0.15) is 78.6 Å². The van der Waals surface area contributed by atoms with Crippen LogP contribution in [0.5, 0.6) is 0 Å². The third-order valence-corrected chi connectivity index (χ3v) is 4.48. The Morgan fingerprint density at radius 3 is 2.74 bits per heavy atom. The van der Waals surface area contributed by atoms with Gasteiger partial charge in [-0.25, -0.2) is 0 Å². The van der Waals surface area contributed by atoms with Gasteiger partial charge in [0.2, 0.25) is 0 Å². The molecule has 0 aromatic carbocycles. The molecule has 2 heteroatoms. The van der Waals surface area contributed by atoms with Crippen LogP contribution in [0.4, 0.5) is 0 Å². The van der Waals surface area contributed by atoms with E-state index in [9.17, 15) is 0 Å². The number of hydrogen-bond donors (Lipinski definition) is 1. The Kier molecular flexibility index (Phi) is 9.54. The van der Waals surface area contributed by atoms with Gasteiger partial charge in [-0.1, -0.05) is 46.0 Å². The van der Waals surface area contributed by atoms with Crippen LogP contribution in [0, 0.1) is 5.92 Å². The average molecular weight is 269 g/mol. The van der Waals surface area contributed by atoms with Gasteiger partial charge < -0.3 is 10.1 Å². The molecule has 0 saturated heterocycles. The molecule has 0 radical (unpaired) electrons. The fraction of sp³-hybridized carbons (Fsp3) is 1.00. The summed E-state index contributed by atoms with van der Waals surface area (Å²) in [5, 5.41) is 3.63. The van der Waals surface area contributed by atoms with Gasteiger partial charge in [0.25, 0.3) is 0 Å². The third kappa shape index (κ3) is 7.31. The summed E-state index contributed by atoms with van der Waals surface area (Å²) in [5.41, 5.74) is 0. The van der Waals surface area contributed by atoms with E-state index < -0.39 is 0 Å². The summed E-state index contributed by atoms with van der Waals surface area (Å²) in [5.74, 6) is 0.854. The molecule has 114 valence electrons. The van der Waals surface area contributed by atoms with Crippen molar-refractivity contribution in [2.24, 2.45) is 5.92 Å². The van der Waals surface area contributed by atoms with Crippen LogP contribution in [0.25, 0.3) is 0 Å². The van der Waals surface area contributed by atoms with Crippen LogP contribution in [-0.2, 0) is 4.74 Å². The Morgan fingerprint density at radius 1 is 1.16 bits per heavy atom. The van der Waals surface area contributed by atoms with E-state index in [4.69, 9.17) is 4.74 Å². The Hall–Kier alpha value is -0.0800. The smallest absolute Gasteiger partial charge is 0.0547 e. The van der Waals surface area contributed by atoms with Crippen molar-refractivity contribution in [1.29, 1.82) is 0 Å². The predicted octanol–water partition coefficient (Wildman–Crippen LogP) is 4.53. The molecule has 0 bridgehead atoms. The zero-order valence-corrected chi connectivity index (χ0v) is 13.4. The Balaban J connectivity index is 2.02. The average Bonchev–Trinajstić information content (AvgIpc) is 2.83. The molecule has 0 aromatic rings. The molecule has 19 heavy (non-hydrogen) atoms. The van der Waals surface area contributed by atoms with Crippen LogP contribution < -0.4 is 5.32 Å². The minimum Gasteiger partial charge on any atom is -0.378 e.